The number of rotatable bonds is 15. The van der Waals surface area contributed by atoms with Crippen LogP contribution in [-0.4, -0.2) is 13.3 Å². The minimum absolute atomic E-state index is 1.31. The molecule has 0 amide bonds. The molecule has 0 aromatic rings. The average molecular weight is 363 g/mol. The number of unbranched alkanes of at least 4 members (excludes halogenated alkanes) is 13. The van der Waals surface area contributed by atoms with Crippen molar-refractivity contribution in [2.75, 3.05) is 0 Å². The summed E-state index contributed by atoms with van der Waals surface area (Å²) in [6.45, 7) is 6.70. The molecular formula is C20H42O3S. The highest BCUT2D eigenvalue weighted by Crippen LogP contribution is 2.14. The quantitative estimate of drug-likeness (QED) is 0.180. The lowest BCUT2D eigenvalue weighted by molar-refractivity contribution is 0.454. The predicted molar refractivity (Wildman–Crippen MR) is 108 cm³/mol. The summed E-state index contributed by atoms with van der Waals surface area (Å²) in [7, 11) is 0. The number of allylic oxidation sites excluding steroid dienone is 2. The maximum atomic E-state index is 8.67. The van der Waals surface area contributed by atoms with E-state index in [1.807, 2.05) is 0 Å². The molecule has 0 rings (SSSR count). The van der Waals surface area contributed by atoms with E-state index in [1.54, 1.807) is 5.57 Å². The summed E-state index contributed by atoms with van der Waals surface area (Å²) in [6, 6.07) is 0. The van der Waals surface area contributed by atoms with Gasteiger partial charge in [-0.2, -0.15) is 4.21 Å². The molecule has 0 unspecified atom stereocenters. The maximum absolute atomic E-state index is 8.67. The van der Waals surface area contributed by atoms with Crippen molar-refractivity contribution in [2.45, 2.75) is 117 Å². The zero-order valence-electron chi connectivity index (χ0n) is 16.4. The van der Waals surface area contributed by atoms with Crippen LogP contribution in [0.2, 0.25) is 0 Å². The van der Waals surface area contributed by atoms with Gasteiger partial charge in [0.2, 0.25) is 0 Å². The third-order valence-electron chi connectivity index (χ3n) is 4.42. The molecule has 4 heteroatoms. The van der Waals surface area contributed by atoms with E-state index in [1.165, 1.54) is 96.3 Å². The molecule has 0 aromatic heterocycles. The monoisotopic (exact) mass is 362 g/mol. The van der Waals surface area contributed by atoms with Gasteiger partial charge in [0.05, 0.1) is 0 Å². The summed E-state index contributed by atoms with van der Waals surface area (Å²) in [5.74, 6) is 0. The molecule has 2 N–H and O–H groups in total. The SMILES string of the molecule is CC=C(C)CCCCCCCCCCCCCCCC.O=S(O)O. The van der Waals surface area contributed by atoms with Gasteiger partial charge in [0.1, 0.15) is 0 Å². The zero-order valence-corrected chi connectivity index (χ0v) is 17.2. The van der Waals surface area contributed by atoms with E-state index in [-0.39, 0.29) is 0 Å². The first-order valence-corrected chi connectivity index (χ1v) is 11.0. The van der Waals surface area contributed by atoms with Crippen LogP contribution in [0.5, 0.6) is 0 Å². The lowest BCUT2D eigenvalue weighted by Crippen LogP contribution is -1.83. The van der Waals surface area contributed by atoms with Crippen molar-refractivity contribution in [2.24, 2.45) is 0 Å². The summed E-state index contributed by atoms with van der Waals surface area (Å²) in [6.07, 6.45) is 23.9. The van der Waals surface area contributed by atoms with Gasteiger partial charge < -0.3 is 0 Å². The molecule has 0 aromatic carbocycles. The van der Waals surface area contributed by atoms with Gasteiger partial charge in [-0.1, -0.05) is 102 Å². The molecule has 0 heterocycles. The molecule has 0 bridgehead atoms. The highest BCUT2D eigenvalue weighted by Gasteiger charge is 1.94. The average Bonchev–Trinajstić information content (AvgIpc) is 2.54. The van der Waals surface area contributed by atoms with Crippen molar-refractivity contribution in [3.05, 3.63) is 11.6 Å². The summed E-state index contributed by atoms with van der Waals surface area (Å²) in [4.78, 5) is 0. The lowest BCUT2D eigenvalue weighted by atomic mass is 10.0. The van der Waals surface area contributed by atoms with Crippen LogP contribution in [0.15, 0.2) is 11.6 Å². The Morgan fingerprint density at radius 1 is 0.750 bits per heavy atom. The molecule has 0 saturated heterocycles. The molecule has 0 aliphatic carbocycles. The summed E-state index contributed by atoms with van der Waals surface area (Å²) in [5, 5.41) is 0. The molecule has 0 aliphatic heterocycles. The van der Waals surface area contributed by atoms with Crippen molar-refractivity contribution in [3.8, 4) is 0 Å². The molecule has 3 nitrogen and oxygen atoms in total. The van der Waals surface area contributed by atoms with Gasteiger partial charge in [-0.15, -0.1) is 0 Å². The second kappa shape index (κ2) is 22.8. The molecule has 0 spiro atoms. The second-order valence-corrected chi connectivity index (χ2v) is 7.17. The first kappa shape index (κ1) is 26.0. The van der Waals surface area contributed by atoms with Crippen LogP contribution in [-0.2, 0) is 11.4 Å². The standard InChI is InChI=1S/C20H40.H2O3S/c1-4-6-7-8-9-10-11-12-13-14-15-16-17-18-19-20(3)5-2;1-4(2)3/h5H,4,6-19H2,1-3H3;(H2,1,2,3). The number of hydrogen-bond acceptors (Lipinski definition) is 1. The van der Waals surface area contributed by atoms with E-state index >= 15 is 0 Å². The topological polar surface area (TPSA) is 57.5 Å². The molecule has 0 fully saturated rings. The molecule has 0 atom stereocenters. The summed E-state index contributed by atoms with van der Waals surface area (Å²) in [5.41, 5.74) is 1.56. The smallest absolute Gasteiger partial charge is 0.284 e. The van der Waals surface area contributed by atoms with Crippen molar-refractivity contribution in [1.29, 1.82) is 0 Å². The molecular weight excluding hydrogens is 320 g/mol. The van der Waals surface area contributed by atoms with Crippen LogP contribution in [0.4, 0.5) is 0 Å². The van der Waals surface area contributed by atoms with Crippen LogP contribution in [0.3, 0.4) is 0 Å². The van der Waals surface area contributed by atoms with Crippen LogP contribution in [0, 0.1) is 0 Å². The largest absolute Gasteiger partial charge is 0.299 e. The van der Waals surface area contributed by atoms with Gasteiger partial charge in [0.15, 0.2) is 0 Å². The second-order valence-electron chi connectivity index (χ2n) is 6.71. The Hall–Kier alpha value is -0.190. The minimum atomic E-state index is -2.61. The first-order valence-electron chi connectivity index (χ1n) is 9.96. The third-order valence-corrected chi connectivity index (χ3v) is 4.42. The minimum Gasteiger partial charge on any atom is -0.284 e. The van der Waals surface area contributed by atoms with E-state index in [4.69, 9.17) is 13.3 Å². The Labute approximate surface area is 153 Å². The van der Waals surface area contributed by atoms with Gasteiger partial charge >= 0.3 is 0 Å². The van der Waals surface area contributed by atoms with Crippen molar-refractivity contribution < 1.29 is 13.3 Å². The van der Waals surface area contributed by atoms with E-state index in [0.29, 0.717) is 0 Å². The summed E-state index contributed by atoms with van der Waals surface area (Å²) >= 11 is -2.61. The van der Waals surface area contributed by atoms with Gasteiger partial charge in [-0.05, 0) is 26.7 Å². The summed E-state index contributed by atoms with van der Waals surface area (Å²) < 4.78 is 22.8. The van der Waals surface area contributed by atoms with Crippen LogP contribution in [0.1, 0.15) is 117 Å². The Kier molecular flexibility index (Phi) is 24.8. The van der Waals surface area contributed by atoms with E-state index in [9.17, 15) is 0 Å². The molecule has 0 radical (unpaired) electrons. The Morgan fingerprint density at radius 2 is 1.04 bits per heavy atom. The van der Waals surface area contributed by atoms with E-state index in [0.717, 1.165) is 0 Å². The van der Waals surface area contributed by atoms with E-state index in [2.05, 4.69) is 26.8 Å². The first-order chi connectivity index (χ1) is 11.5. The van der Waals surface area contributed by atoms with Crippen molar-refractivity contribution >= 4 is 11.4 Å². The Morgan fingerprint density at radius 3 is 1.33 bits per heavy atom. The Balaban J connectivity index is 0. The van der Waals surface area contributed by atoms with E-state index < -0.39 is 11.4 Å². The van der Waals surface area contributed by atoms with Gasteiger partial charge in [0.25, 0.3) is 11.4 Å². The normalized spacial score (nSPS) is 11.5. The van der Waals surface area contributed by atoms with Gasteiger partial charge in [-0.3, -0.25) is 9.11 Å². The fourth-order valence-corrected chi connectivity index (χ4v) is 2.74. The van der Waals surface area contributed by atoms with Gasteiger partial charge in [-0.25, -0.2) is 0 Å². The van der Waals surface area contributed by atoms with Crippen LogP contribution >= 0.6 is 0 Å². The lowest BCUT2D eigenvalue weighted by Gasteiger charge is -2.03. The Bertz CT molecular complexity index is 287. The maximum Gasteiger partial charge on any atom is 0.299 e. The number of hydrogen-bond donors (Lipinski definition) is 2. The van der Waals surface area contributed by atoms with Crippen LogP contribution in [0.25, 0.3) is 0 Å². The molecule has 0 aliphatic rings. The van der Waals surface area contributed by atoms with Crippen LogP contribution < -0.4 is 0 Å². The third kappa shape index (κ3) is 29.8. The predicted octanol–water partition coefficient (Wildman–Crippen LogP) is 7.51. The zero-order chi connectivity index (χ0) is 18.5. The highest BCUT2D eigenvalue weighted by molar-refractivity contribution is 7.73. The molecule has 146 valence electrons. The highest BCUT2D eigenvalue weighted by atomic mass is 32.2. The molecule has 24 heavy (non-hydrogen) atoms. The molecule has 0 saturated carbocycles. The van der Waals surface area contributed by atoms with Crippen molar-refractivity contribution in [1.82, 2.24) is 0 Å². The fourth-order valence-electron chi connectivity index (χ4n) is 2.74. The fraction of sp³-hybridized carbons (Fsp3) is 0.900. The van der Waals surface area contributed by atoms with Crippen molar-refractivity contribution in [3.63, 3.8) is 0 Å². The van der Waals surface area contributed by atoms with Gasteiger partial charge in [0, 0.05) is 0 Å².